The van der Waals surface area contributed by atoms with Gasteiger partial charge in [0.1, 0.15) is 0 Å². The topological polar surface area (TPSA) is 39.7 Å². The lowest BCUT2D eigenvalue weighted by atomic mass is 9.95. The molecule has 4 rings (SSSR count). The van der Waals surface area contributed by atoms with Gasteiger partial charge in [-0.3, -0.25) is 15.2 Å². The van der Waals surface area contributed by atoms with Crippen LogP contribution in [0, 0.1) is 5.92 Å². The Morgan fingerprint density at radius 2 is 2.06 bits per heavy atom. The Bertz CT molecular complexity index is 1020. The molecular weight excluding hydrogens is 448 g/mol. The summed E-state index contributed by atoms with van der Waals surface area (Å²) < 4.78 is 0. The van der Waals surface area contributed by atoms with Crippen LogP contribution in [0.4, 0.5) is 0 Å². The van der Waals surface area contributed by atoms with E-state index >= 15 is 0 Å². The highest BCUT2D eigenvalue weighted by Crippen LogP contribution is 2.40. The van der Waals surface area contributed by atoms with Crippen LogP contribution in [0.15, 0.2) is 47.6 Å². The standard InChI is InChI=1S/C30H42N4S/c1-5-24-18-23(9-10-25(24)17-22(2)3)20-35-30(19-31-4)28-8-6-7-27-26(28)11-12-29(27)33-21-34-15-13-32-14-16-34/h6-10,18-19,22,29,32-33H,4-5,11-17,20-21H2,1-3H3/b30-19-. The minimum absolute atomic E-state index is 0.434. The van der Waals surface area contributed by atoms with E-state index in [0.29, 0.717) is 12.0 Å². The van der Waals surface area contributed by atoms with Gasteiger partial charge in [-0.05, 0) is 71.7 Å². The average Bonchev–Trinajstić information content (AvgIpc) is 3.29. The number of fused-ring (bicyclic) bond motifs is 1. The maximum Gasteiger partial charge on any atom is 0.0486 e. The molecule has 188 valence electrons. The molecule has 1 unspecified atom stereocenters. The summed E-state index contributed by atoms with van der Waals surface area (Å²) in [6.07, 6.45) is 6.47. The third-order valence-electron chi connectivity index (χ3n) is 7.19. The molecule has 2 aromatic carbocycles. The summed E-state index contributed by atoms with van der Waals surface area (Å²) in [5.74, 6) is 1.63. The molecule has 4 nitrogen and oxygen atoms in total. The molecule has 0 spiro atoms. The zero-order valence-electron chi connectivity index (χ0n) is 21.8. The summed E-state index contributed by atoms with van der Waals surface area (Å²) in [5.41, 5.74) is 8.65. The Labute approximate surface area is 216 Å². The van der Waals surface area contributed by atoms with Crippen molar-refractivity contribution in [1.82, 2.24) is 15.5 Å². The summed E-state index contributed by atoms with van der Waals surface area (Å²) in [4.78, 5) is 7.92. The van der Waals surface area contributed by atoms with Crippen LogP contribution >= 0.6 is 11.8 Å². The molecule has 1 aliphatic carbocycles. The van der Waals surface area contributed by atoms with Crippen LogP contribution in [0.2, 0.25) is 0 Å². The average molecular weight is 491 g/mol. The fraction of sp³-hybridized carbons (Fsp3) is 0.500. The van der Waals surface area contributed by atoms with Crippen molar-refractivity contribution in [2.24, 2.45) is 10.9 Å². The number of hydrogen-bond donors (Lipinski definition) is 2. The van der Waals surface area contributed by atoms with Crippen LogP contribution < -0.4 is 10.6 Å². The van der Waals surface area contributed by atoms with E-state index in [0.717, 1.165) is 64.3 Å². The first-order valence-corrected chi connectivity index (χ1v) is 14.3. The highest BCUT2D eigenvalue weighted by molar-refractivity contribution is 8.07. The minimum atomic E-state index is 0.434. The number of rotatable bonds is 11. The number of aryl methyl sites for hydroxylation is 1. The lowest BCUT2D eigenvalue weighted by Crippen LogP contribution is -2.47. The Morgan fingerprint density at radius 3 is 2.80 bits per heavy atom. The van der Waals surface area contributed by atoms with Gasteiger partial charge >= 0.3 is 0 Å². The molecule has 1 fully saturated rings. The van der Waals surface area contributed by atoms with E-state index in [1.165, 1.54) is 38.3 Å². The van der Waals surface area contributed by atoms with E-state index in [2.05, 4.69) is 84.4 Å². The van der Waals surface area contributed by atoms with Crippen molar-refractivity contribution >= 4 is 23.4 Å². The second-order valence-corrected chi connectivity index (χ2v) is 11.2. The molecule has 1 aliphatic heterocycles. The Morgan fingerprint density at radius 1 is 1.23 bits per heavy atom. The molecular formula is C30H42N4S. The summed E-state index contributed by atoms with van der Waals surface area (Å²) in [5, 5.41) is 7.27. The highest BCUT2D eigenvalue weighted by Gasteiger charge is 2.26. The SMILES string of the molecule is C=N/C=C(\SCc1ccc(CC(C)C)c(CC)c1)c1cccc2c1CCC2NCN1CCNCC1. The van der Waals surface area contributed by atoms with Gasteiger partial charge in [0.25, 0.3) is 0 Å². The molecule has 0 bridgehead atoms. The predicted molar refractivity (Wildman–Crippen MR) is 153 cm³/mol. The van der Waals surface area contributed by atoms with E-state index in [-0.39, 0.29) is 0 Å². The fourth-order valence-electron chi connectivity index (χ4n) is 5.37. The highest BCUT2D eigenvalue weighted by atomic mass is 32.2. The first kappa shape index (κ1) is 26.2. The number of hydrogen-bond acceptors (Lipinski definition) is 5. The van der Waals surface area contributed by atoms with Crippen LogP contribution in [-0.4, -0.2) is 44.5 Å². The molecule has 0 amide bonds. The number of nitrogens with one attached hydrogen (secondary N) is 2. The van der Waals surface area contributed by atoms with Crippen LogP contribution in [0.25, 0.3) is 4.91 Å². The molecule has 1 atom stereocenters. The van der Waals surface area contributed by atoms with Gasteiger partial charge in [-0.1, -0.05) is 57.2 Å². The van der Waals surface area contributed by atoms with Crippen molar-refractivity contribution in [2.75, 3.05) is 32.8 Å². The second-order valence-electron chi connectivity index (χ2n) is 10.2. The van der Waals surface area contributed by atoms with Crippen molar-refractivity contribution in [2.45, 2.75) is 58.2 Å². The summed E-state index contributed by atoms with van der Waals surface area (Å²) in [7, 11) is 0. The first-order chi connectivity index (χ1) is 17.1. The molecule has 35 heavy (non-hydrogen) atoms. The van der Waals surface area contributed by atoms with Gasteiger partial charge in [0.05, 0.1) is 0 Å². The fourth-order valence-corrected chi connectivity index (χ4v) is 6.37. The summed E-state index contributed by atoms with van der Waals surface area (Å²) >= 11 is 1.89. The molecule has 0 aromatic heterocycles. The lowest BCUT2D eigenvalue weighted by molar-refractivity contribution is 0.213. The zero-order chi connectivity index (χ0) is 24.6. The smallest absolute Gasteiger partial charge is 0.0486 e. The van der Waals surface area contributed by atoms with Gasteiger partial charge in [0.2, 0.25) is 0 Å². The monoisotopic (exact) mass is 490 g/mol. The van der Waals surface area contributed by atoms with E-state index in [4.69, 9.17) is 0 Å². The van der Waals surface area contributed by atoms with Gasteiger partial charge in [-0.15, -0.1) is 11.8 Å². The van der Waals surface area contributed by atoms with Crippen molar-refractivity contribution in [1.29, 1.82) is 0 Å². The Kier molecular flexibility index (Phi) is 9.61. The summed E-state index contributed by atoms with van der Waals surface area (Å²) in [6.45, 7) is 16.0. The van der Waals surface area contributed by atoms with Crippen molar-refractivity contribution in [3.05, 3.63) is 76.0 Å². The number of aliphatic imine (C=N–C) groups is 1. The maximum absolute atomic E-state index is 4.19. The minimum Gasteiger partial charge on any atom is -0.314 e. The molecule has 0 saturated carbocycles. The number of thioether (sulfide) groups is 1. The van der Waals surface area contributed by atoms with E-state index in [1.807, 2.05) is 18.0 Å². The summed E-state index contributed by atoms with van der Waals surface area (Å²) in [6, 6.07) is 14.3. The van der Waals surface area contributed by atoms with Crippen molar-refractivity contribution in [3.63, 3.8) is 0 Å². The van der Waals surface area contributed by atoms with Gasteiger partial charge in [0.15, 0.2) is 0 Å². The maximum atomic E-state index is 4.19. The second kappa shape index (κ2) is 12.9. The van der Waals surface area contributed by atoms with E-state index in [1.54, 1.807) is 0 Å². The zero-order valence-corrected chi connectivity index (χ0v) is 22.6. The molecule has 2 aliphatic rings. The van der Waals surface area contributed by atoms with Crippen molar-refractivity contribution < 1.29 is 0 Å². The quantitative estimate of drug-likeness (QED) is 0.389. The lowest BCUT2D eigenvalue weighted by Gasteiger charge is -2.29. The predicted octanol–water partition coefficient (Wildman–Crippen LogP) is 5.82. The van der Waals surface area contributed by atoms with Gasteiger partial charge < -0.3 is 5.32 Å². The van der Waals surface area contributed by atoms with Crippen LogP contribution in [0.5, 0.6) is 0 Å². The number of nitrogens with zero attached hydrogens (tertiary/aromatic N) is 2. The van der Waals surface area contributed by atoms with Gasteiger partial charge in [-0.25, -0.2) is 0 Å². The Hall–Kier alpha value is -1.92. The molecule has 2 N–H and O–H groups in total. The molecule has 1 heterocycles. The van der Waals surface area contributed by atoms with Gasteiger partial charge in [0, 0.05) is 55.7 Å². The normalized spacial score (nSPS) is 18.7. The first-order valence-electron chi connectivity index (χ1n) is 13.3. The van der Waals surface area contributed by atoms with E-state index < -0.39 is 0 Å². The van der Waals surface area contributed by atoms with Crippen LogP contribution in [0.1, 0.15) is 66.6 Å². The number of benzene rings is 2. The van der Waals surface area contributed by atoms with Crippen molar-refractivity contribution in [3.8, 4) is 0 Å². The van der Waals surface area contributed by atoms with E-state index in [9.17, 15) is 0 Å². The number of piperazine rings is 1. The molecule has 2 aromatic rings. The molecule has 1 saturated heterocycles. The third kappa shape index (κ3) is 6.85. The van der Waals surface area contributed by atoms with Crippen LogP contribution in [0.3, 0.4) is 0 Å². The Balaban J connectivity index is 1.46. The van der Waals surface area contributed by atoms with Gasteiger partial charge in [-0.2, -0.15) is 0 Å². The molecule has 0 radical (unpaired) electrons. The van der Waals surface area contributed by atoms with Crippen LogP contribution in [-0.2, 0) is 25.0 Å². The third-order valence-corrected chi connectivity index (χ3v) is 8.30. The molecule has 5 heteroatoms. The largest absolute Gasteiger partial charge is 0.314 e.